The van der Waals surface area contributed by atoms with Gasteiger partial charge < -0.3 is 25.0 Å². The predicted molar refractivity (Wildman–Crippen MR) is 128 cm³/mol. The first kappa shape index (κ1) is 23.8. The second-order valence-corrected chi connectivity index (χ2v) is 9.11. The normalized spacial score (nSPS) is 18.1. The molecular formula is C26H31N3O5. The Kier molecular flexibility index (Phi) is 7.17. The molecule has 8 heteroatoms. The molecule has 2 aromatic rings. The number of fused-ring (bicyclic) bond motifs is 3. The molecule has 1 aliphatic heterocycles. The quantitative estimate of drug-likeness (QED) is 0.622. The van der Waals surface area contributed by atoms with Crippen molar-refractivity contribution in [2.45, 2.75) is 37.3 Å². The van der Waals surface area contributed by atoms with Crippen molar-refractivity contribution in [3.05, 3.63) is 59.7 Å². The van der Waals surface area contributed by atoms with E-state index in [2.05, 4.69) is 22.3 Å². The number of hydrogen-bond acceptors (Lipinski definition) is 5. The molecule has 1 fully saturated rings. The van der Waals surface area contributed by atoms with Gasteiger partial charge in [-0.05, 0) is 48.7 Å². The zero-order valence-corrected chi connectivity index (χ0v) is 19.6. The van der Waals surface area contributed by atoms with Crippen LogP contribution in [-0.4, -0.2) is 78.8 Å². The van der Waals surface area contributed by atoms with Crippen molar-refractivity contribution in [1.29, 1.82) is 0 Å². The molecule has 2 aliphatic rings. The number of benzene rings is 2. The smallest absolute Gasteiger partial charge is 0.407 e. The molecule has 34 heavy (non-hydrogen) atoms. The minimum Gasteiger partial charge on any atom is -0.481 e. The SMILES string of the molecule is CN1CCC(N(C)C(=O)C(CCC(=O)O)NC(=O)OCC2c3ccccc3-c3ccccc32)C1. The number of hydrogen-bond donors (Lipinski definition) is 2. The molecule has 0 radical (unpaired) electrons. The van der Waals surface area contributed by atoms with Gasteiger partial charge in [-0.25, -0.2) is 4.79 Å². The van der Waals surface area contributed by atoms with Crippen LogP contribution in [0.1, 0.15) is 36.3 Å². The van der Waals surface area contributed by atoms with Gasteiger partial charge in [-0.2, -0.15) is 0 Å². The molecular weight excluding hydrogens is 434 g/mol. The number of aliphatic carboxylic acids is 1. The first-order valence-electron chi connectivity index (χ1n) is 11.6. The van der Waals surface area contributed by atoms with E-state index in [1.165, 1.54) is 0 Å². The molecule has 0 saturated carbocycles. The molecule has 1 heterocycles. The molecule has 2 aromatic carbocycles. The summed E-state index contributed by atoms with van der Waals surface area (Å²) < 4.78 is 5.57. The third kappa shape index (κ3) is 5.07. The van der Waals surface area contributed by atoms with Gasteiger partial charge in [-0.3, -0.25) is 9.59 Å². The summed E-state index contributed by atoms with van der Waals surface area (Å²) in [5, 5.41) is 11.8. The monoisotopic (exact) mass is 465 g/mol. The molecule has 180 valence electrons. The number of nitrogens with zero attached hydrogens (tertiary/aromatic N) is 2. The van der Waals surface area contributed by atoms with Crippen molar-refractivity contribution in [3.63, 3.8) is 0 Å². The molecule has 2 atom stereocenters. The van der Waals surface area contributed by atoms with Crippen molar-refractivity contribution in [1.82, 2.24) is 15.1 Å². The summed E-state index contributed by atoms with van der Waals surface area (Å²) in [6.07, 6.45) is -0.0958. The largest absolute Gasteiger partial charge is 0.481 e. The highest BCUT2D eigenvalue weighted by molar-refractivity contribution is 5.86. The second-order valence-electron chi connectivity index (χ2n) is 9.11. The van der Waals surface area contributed by atoms with Crippen LogP contribution < -0.4 is 5.32 Å². The minimum atomic E-state index is -1.02. The second kappa shape index (κ2) is 10.3. The lowest BCUT2D eigenvalue weighted by Crippen LogP contribution is -2.51. The maximum Gasteiger partial charge on any atom is 0.407 e. The summed E-state index contributed by atoms with van der Waals surface area (Å²) in [6.45, 7) is 1.77. The van der Waals surface area contributed by atoms with Crippen LogP contribution in [0.25, 0.3) is 11.1 Å². The van der Waals surface area contributed by atoms with Crippen LogP contribution in [-0.2, 0) is 14.3 Å². The summed E-state index contributed by atoms with van der Waals surface area (Å²) in [5.74, 6) is -1.41. The number of ether oxygens (including phenoxy) is 1. The Bertz CT molecular complexity index is 1030. The van der Waals surface area contributed by atoms with Gasteiger partial charge >= 0.3 is 12.1 Å². The Morgan fingerprint density at radius 2 is 1.74 bits per heavy atom. The van der Waals surface area contributed by atoms with E-state index in [9.17, 15) is 14.4 Å². The number of nitrogens with one attached hydrogen (secondary N) is 1. The first-order valence-corrected chi connectivity index (χ1v) is 11.6. The summed E-state index contributed by atoms with van der Waals surface area (Å²) in [5.41, 5.74) is 4.45. The van der Waals surface area contributed by atoms with E-state index in [-0.39, 0.29) is 37.3 Å². The van der Waals surface area contributed by atoms with Crippen molar-refractivity contribution >= 4 is 18.0 Å². The van der Waals surface area contributed by atoms with E-state index in [1.54, 1.807) is 11.9 Å². The van der Waals surface area contributed by atoms with Crippen LogP contribution in [0.15, 0.2) is 48.5 Å². The van der Waals surface area contributed by atoms with E-state index < -0.39 is 18.1 Å². The summed E-state index contributed by atoms with van der Waals surface area (Å²) in [6, 6.07) is 15.2. The van der Waals surface area contributed by atoms with Gasteiger partial charge in [0.2, 0.25) is 5.91 Å². The summed E-state index contributed by atoms with van der Waals surface area (Å²) in [4.78, 5) is 40.7. The number of carboxylic acid groups (broad SMARTS) is 1. The molecule has 4 rings (SSSR count). The van der Waals surface area contributed by atoms with E-state index >= 15 is 0 Å². The fraction of sp³-hybridized carbons (Fsp3) is 0.423. The Labute approximate surface area is 199 Å². The van der Waals surface area contributed by atoms with Crippen molar-refractivity contribution < 1.29 is 24.2 Å². The van der Waals surface area contributed by atoms with Crippen molar-refractivity contribution in [2.75, 3.05) is 33.8 Å². The van der Waals surface area contributed by atoms with Gasteiger partial charge in [-0.1, -0.05) is 48.5 Å². The summed E-state index contributed by atoms with van der Waals surface area (Å²) in [7, 11) is 3.70. The van der Waals surface area contributed by atoms with E-state index in [0.29, 0.717) is 0 Å². The number of carbonyl (C=O) groups is 3. The topological polar surface area (TPSA) is 99.2 Å². The number of likely N-dealkylation sites (N-methyl/N-ethyl adjacent to an activating group) is 2. The van der Waals surface area contributed by atoms with Crippen LogP contribution in [0.5, 0.6) is 0 Å². The maximum absolute atomic E-state index is 13.1. The Balaban J connectivity index is 1.42. The number of carbonyl (C=O) groups excluding carboxylic acids is 2. The molecule has 0 aromatic heterocycles. The number of alkyl carbamates (subject to hydrolysis) is 1. The number of amides is 2. The van der Waals surface area contributed by atoms with Gasteiger partial charge in [-0.15, -0.1) is 0 Å². The van der Waals surface area contributed by atoms with Crippen LogP contribution in [0.3, 0.4) is 0 Å². The lowest BCUT2D eigenvalue weighted by molar-refractivity contribution is -0.138. The minimum absolute atomic E-state index is 0.00522. The van der Waals surface area contributed by atoms with Crippen LogP contribution in [0, 0.1) is 0 Å². The van der Waals surface area contributed by atoms with Crippen LogP contribution in [0.4, 0.5) is 4.79 Å². The Hall–Kier alpha value is -3.39. The third-order valence-corrected chi connectivity index (χ3v) is 6.84. The molecule has 1 saturated heterocycles. The highest BCUT2D eigenvalue weighted by Crippen LogP contribution is 2.44. The summed E-state index contributed by atoms with van der Waals surface area (Å²) >= 11 is 0. The molecule has 2 N–H and O–H groups in total. The third-order valence-electron chi connectivity index (χ3n) is 6.84. The predicted octanol–water partition coefficient (Wildman–Crippen LogP) is 2.92. The van der Waals surface area contributed by atoms with E-state index in [0.717, 1.165) is 41.8 Å². The van der Waals surface area contributed by atoms with Crippen LogP contribution >= 0.6 is 0 Å². The zero-order chi connectivity index (χ0) is 24.2. The van der Waals surface area contributed by atoms with Crippen LogP contribution in [0.2, 0.25) is 0 Å². The van der Waals surface area contributed by atoms with Gasteiger partial charge in [0, 0.05) is 32.0 Å². The van der Waals surface area contributed by atoms with E-state index in [4.69, 9.17) is 9.84 Å². The zero-order valence-electron chi connectivity index (χ0n) is 19.6. The molecule has 0 spiro atoms. The first-order chi connectivity index (χ1) is 16.3. The van der Waals surface area contributed by atoms with Crippen molar-refractivity contribution in [3.8, 4) is 11.1 Å². The molecule has 2 amide bonds. The fourth-order valence-electron chi connectivity index (χ4n) is 4.96. The molecule has 8 nitrogen and oxygen atoms in total. The van der Waals surface area contributed by atoms with E-state index in [1.807, 2.05) is 43.4 Å². The number of carboxylic acids is 1. The van der Waals surface area contributed by atoms with Crippen molar-refractivity contribution in [2.24, 2.45) is 0 Å². The van der Waals surface area contributed by atoms with Gasteiger partial charge in [0.1, 0.15) is 12.6 Å². The van der Waals surface area contributed by atoms with Gasteiger partial charge in [0.15, 0.2) is 0 Å². The Morgan fingerprint density at radius 1 is 1.12 bits per heavy atom. The lowest BCUT2D eigenvalue weighted by atomic mass is 9.98. The highest BCUT2D eigenvalue weighted by atomic mass is 16.5. The number of likely N-dealkylation sites (tertiary alicyclic amines) is 1. The average molecular weight is 466 g/mol. The van der Waals surface area contributed by atoms with Gasteiger partial charge in [0.25, 0.3) is 0 Å². The fourth-order valence-corrected chi connectivity index (χ4v) is 4.96. The highest BCUT2D eigenvalue weighted by Gasteiger charge is 2.33. The molecule has 0 bridgehead atoms. The average Bonchev–Trinajstić information content (AvgIpc) is 3.40. The molecule has 2 unspecified atom stereocenters. The van der Waals surface area contributed by atoms with Gasteiger partial charge in [0.05, 0.1) is 0 Å². The standard InChI is InChI=1S/C26H31N3O5/c1-28-14-13-17(15-28)29(2)25(32)23(11-12-24(30)31)27-26(33)34-16-22-20-9-5-3-7-18(20)19-8-4-6-10-21(19)22/h3-10,17,22-23H,11-16H2,1-2H3,(H,27,33)(H,30,31). The lowest BCUT2D eigenvalue weighted by Gasteiger charge is -2.29. The number of rotatable bonds is 8. The molecule has 1 aliphatic carbocycles. The Morgan fingerprint density at radius 3 is 2.29 bits per heavy atom. The maximum atomic E-state index is 13.1.